The number of carbonyl (C=O) groups is 3. The molecule has 9 heteroatoms. The number of amides is 2. The van der Waals surface area contributed by atoms with Crippen molar-refractivity contribution >= 4 is 28.7 Å². The first-order chi connectivity index (χ1) is 17.7. The van der Waals surface area contributed by atoms with Crippen LogP contribution in [-0.2, 0) is 22.1 Å². The Balaban J connectivity index is 1.75. The van der Waals surface area contributed by atoms with Gasteiger partial charge in [-0.15, -0.1) is 0 Å². The summed E-state index contributed by atoms with van der Waals surface area (Å²) in [5.74, 6) is -2.50. The molecule has 9 nitrogen and oxygen atoms in total. The van der Waals surface area contributed by atoms with Crippen LogP contribution in [0.4, 0.5) is 0 Å². The number of aromatic nitrogens is 2. The molecular weight excluding hydrogens is 470 g/mol. The summed E-state index contributed by atoms with van der Waals surface area (Å²) in [7, 11) is 1.67. The van der Waals surface area contributed by atoms with Gasteiger partial charge in [0.2, 0.25) is 11.8 Å². The van der Waals surface area contributed by atoms with Crippen molar-refractivity contribution in [1.29, 1.82) is 0 Å². The van der Waals surface area contributed by atoms with E-state index >= 15 is 0 Å². The van der Waals surface area contributed by atoms with Crippen LogP contribution in [0.1, 0.15) is 62.0 Å². The molecule has 3 aromatic rings. The van der Waals surface area contributed by atoms with Crippen LogP contribution in [0.2, 0.25) is 0 Å². The zero-order chi connectivity index (χ0) is 26.7. The Morgan fingerprint density at radius 3 is 2.49 bits per heavy atom. The number of carboxylic acid groups (broad SMARTS) is 1. The van der Waals surface area contributed by atoms with Gasteiger partial charge in [0.05, 0.1) is 17.9 Å². The minimum atomic E-state index is -1.42. The van der Waals surface area contributed by atoms with Gasteiger partial charge >= 0.3 is 5.97 Å². The van der Waals surface area contributed by atoms with Crippen molar-refractivity contribution < 1.29 is 19.5 Å². The lowest BCUT2D eigenvalue weighted by molar-refractivity contribution is -0.137. The number of hydrogen-bond donors (Lipinski definition) is 4. The third kappa shape index (κ3) is 4.95. The van der Waals surface area contributed by atoms with Gasteiger partial charge in [-0.05, 0) is 43.4 Å². The van der Waals surface area contributed by atoms with Crippen molar-refractivity contribution in [3.63, 3.8) is 0 Å². The van der Waals surface area contributed by atoms with Gasteiger partial charge in [-0.25, -0.2) is 4.79 Å². The molecule has 1 aliphatic rings. The number of aromatic carboxylic acids is 1. The lowest BCUT2D eigenvalue weighted by atomic mass is 9.60. The van der Waals surface area contributed by atoms with Gasteiger partial charge in [-0.1, -0.05) is 44.9 Å². The van der Waals surface area contributed by atoms with Crippen LogP contribution in [0, 0.1) is 11.8 Å². The molecule has 0 spiro atoms. The molecule has 2 aromatic heterocycles. The van der Waals surface area contributed by atoms with E-state index in [9.17, 15) is 19.5 Å². The molecule has 1 aliphatic carbocycles. The summed E-state index contributed by atoms with van der Waals surface area (Å²) in [6.07, 6.45) is 6.74. The van der Waals surface area contributed by atoms with Gasteiger partial charge in [0, 0.05) is 41.9 Å². The predicted octanol–water partition coefficient (Wildman–Crippen LogP) is 3.37. The van der Waals surface area contributed by atoms with Gasteiger partial charge in [0.25, 0.3) is 0 Å². The average molecular weight is 508 g/mol. The molecule has 0 bridgehead atoms. The van der Waals surface area contributed by atoms with E-state index in [4.69, 9.17) is 5.73 Å². The summed E-state index contributed by atoms with van der Waals surface area (Å²) >= 11 is 0. The Morgan fingerprint density at radius 2 is 1.84 bits per heavy atom. The molecule has 1 saturated carbocycles. The first-order valence-corrected chi connectivity index (χ1v) is 12.9. The lowest BCUT2D eigenvalue weighted by Crippen LogP contribution is -2.56. The van der Waals surface area contributed by atoms with Crippen molar-refractivity contribution in [2.24, 2.45) is 24.6 Å². The zero-order valence-corrected chi connectivity index (χ0v) is 21.7. The van der Waals surface area contributed by atoms with E-state index in [0.29, 0.717) is 48.2 Å². The molecule has 0 aliphatic heterocycles. The molecule has 1 aromatic carbocycles. The normalized spacial score (nSPS) is 20.6. The number of nitrogens with two attached hydrogens (primary N) is 1. The van der Waals surface area contributed by atoms with E-state index in [1.807, 2.05) is 53.5 Å². The van der Waals surface area contributed by atoms with Gasteiger partial charge in [-0.2, -0.15) is 0 Å². The minimum Gasteiger partial charge on any atom is -0.477 e. The predicted molar refractivity (Wildman–Crippen MR) is 143 cm³/mol. The standard InChI is InChI=1S/C28H37N5O4/c1-18(2)16-19(17-30-33-14-8-9-15-33)31-25(34)21-11-6-7-13-28(21,27(29)37)23-20-10-4-5-12-22(20)32(3)24(23)26(35)36/h4-5,8-10,12,14-15,18-19,21,30H,6-7,11,13,16-17H2,1-3H3,(H2,29,37)(H,31,34)(H,35,36)/t19-,21-,28-/m0/s1. The largest absolute Gasteiger partial charge is 0.477 e. The highest BCUT2D eigenvalue weighted by Crippen LogP contribution is 2.48. The van der Waals surface area contributed by atoms with Crippen LogP contribution in [0.25, 0.3) is 10.9 Å². The first kappa shape index (κ1) is 26.3. The van der Waals surface area contributed by atoms with Crippen molar-refractivity contribution in [2.45, 2.75) is 57.4 Å². The third-order valence-electron chi connectivity index (χ3n) is 7.65. The van der Waals surface area contributed by atoms with E-state index in [2.05, 4.69) is 24.6 Å². The number of fused-ring (bicyclic) bond motifs is 1. The van der Waals surface area contributed by atoms with Crippen LogP contribution in [-0.4, -0.2) is 44.7 Å². The lowest BCUT2D eigenvalue weighted by Gasteiger charge is -2.42. The highest BCUT2D eigenvalue weighted by molar-refractivity contribution is 6.06. The fraction of sp³-hybridized carbons (Fsp3) is 0.464. The molecule has 0 saturated heterocycles. The Kier molecular flexibility index (Phi) is 7.61. The summed E-state index contributed by atoms with van der Waals surface area (Å²) in [6, 6.07) is 10.9. The van der Waals surface area contributed by atoms with E-state index < -0.39 is 23.2 Å². The van der Waals surface area contributed by atoms with E-state index in [1.54, 1.807) is 11.6 Å². The summed E-state index contributed by atoms with van der Waals surface area (Å²) in [5.41, 5.74) is 9.05. The average Bonchev–Trinajstić information content (AvgIpc) is 3.48. The van der Waals surface area contributed by atoms with Gasteiger partial charge < -0.3 is 26.1 Å². The fourth-order valence-corrected chi connectivity index (χ4v) is 6.06. The minimum absolute atomic E-state index is 0.00713. The van der Waals surface area contributed by atoms with E-state index in [0.717, 1.165) is 12.8 Å². The topological polar surface area (TPSA) is 131 Å². The number of nitrogens with one attached hydrogen (secondary N) is 2. The number of aryl methyl sites for hydroxylation is 1. The van der Waals surface area contributed by atoms with Crippen LogP contribution < -0.4 is 16.5 Å². The number of rotatable bonds is 10. The van der Waals surface area contributed by atoms with Crippen LogP contribution in [0.3, 0.4) is 0 Å². The maximum Gasteiger partial charge on any atom is 0.352 e. The van der Waals surface area contributed by atoms with Gasteiger partial charge in [0.1, 0.15) is 5.69 Å². The Morgan fingerprint density at radius 1 is 1.14 bits per heavy atom. The molecule has 198 valence electrons. The SMILES string of the molecule is CC(C)C[C@@H](CNn1cccc1)NC(=O)[C@@H]1CCCC[C@@]1(C(N)=O)c1c(C(=O)O)n(C)c2ccccc12. The first-order valence-electron chi connectivity index (χ1n) is 12.9. The quantitative estimate of drug-likeness (QED) is 0.334. The molecule has 3 atom stereocenters. The molecule has 0 unspecified atom stereocenters. The van der Waals surface area contributed by atoms with Gasteiger partial charge in [-0.3, -0.25) is 14.3 Å². The van der Waals surface area contributed by atoms with Crippen molar-refractivity contribution in [3.8, 4) is 0 Å². The second kappa shape index (κ2) is 10.7. The Labute approximate surface area is 217 Å². The number of primary amides is 1. The zero-order valence-electron chi connectivity index (χ0n) is 21.7. The molecule has 37 heavy (non-hydrogen) atoms. The maximum absolute atomic E-state index is 14.0. The number of carboxylic acids is 1. The second-order valence-electron chi connectivity index (χ2n) is 10.5. The van der Waals surface area contributed by atoms with E-state index in [1.165, 1.54) is 0 Å². The summed E-state index contributed by atoms with van der Waals surface area (Å²) in [6.45, 7) is 4.69. The van der Waals surface area contributed by atoms with Gasteiger partial charge in [0.15, 0.2) is 0 Å². The number of hydrogen-bond acceptors (Lipinski definition) is 4. The molecule has 4 rings (SSSR count). The Hall–Kier alpha value is -3.75. The van der Waals surface area contributed by atoms with E-state index in [-0.39, 0.29) is 17.6 Å². The molecular formula is C28H37N5O4. The summed E-state index contributed by atoms with van der Waals surface area (Å²) in [4.78, 5) is 39.9. The second-order valence-corrected chi connectivity index (χ2v) is 10.5. The number of carbonyl (C=O) groups excluding carboxylic acids is 2. The number of para-hydroxylation sites is 1. The molecule has 1 fully saturated rings. The maximum atomic E-state index is 14.0. The van der Waals surface area contributed by atoms with Crippen molar-refractivity contribution in [2.75, 3.05) is 12.0 Å². The molecule has 2 amide bonds. The number of benzene rings is 1. The van der Waals surface area contributed by atoms with Crippen molar-refractivity contribution in [1.82, 2.24) is 14.6 Å². The molecule has 2 heterocycles. The third-order valence-corrected chi connectivity index (χ3v) is 7.65. The summed E-state index contributed by atoms with van der Waals surface area (Å²) < 4.78 is 3.42. The van der Waals surface area contributed by atoms with Crippen LogP contribution >= 0.6 is 0 Å². The summed E-state index contributed by atoms with van der Waals surface area (Å²) in [5, 5.41) is 14.1. The van der Waals surface area contributed by atoms with Crippen molar-refractivity contribution in [3.05, 3.63) is 60.0 Å². The monoisotopic (exact) mass is 507 g/mol. The Bertz CT molecular complexity index is 1280. The fourth-order valence-electron chi connectivity index (χ4n) is 6.06. The highest BCUT2D eigenvalue weighted by atomic mass is 16.4. The number of nitrogens with zero attached hydrogens (tertiary/aromatic N) is 2. The molecule has 0 radical (unpaired) electrons. The van der Waals surface area contributed by atoms with Crippen LogP contribution in [0.15, 0.2) is 48.8 Å². The smallest absolute Gasteiger partial charge is 0.352 e. The molecule has 5 N–H and O–H groups in total. The van der Waals surface area contributed by atoms with Crippen LogP contribution in [0.5, 0.6) is 0 Å². The highest BCUT2D eigenvalue weighted by Gasteiger charge is 2.54.